The fourth-order valence-corrected chi connectivity index (χ4v) is 1.75. The van der Waals surface area contributed by atoms with Gasteiger partial charge in [-0.25, -0.2) is 8.78 Å². The highest BCUT2D eigenvalue weighted by molar-refractivity contribution is 6.04. The molecule has 0 heterocycles. The number of aryl methyl sites for hydroxylation is 1. The number of nitrogens with one attached hydrogen (secondary N) is 1. The Morgan fingerprint density at radius 3 is 2.55 bits per heavy atom. The smallest absolute Gasteiger partial charge is 0.255 e. The normalized spacial score (nSPS) is 9.90. The van der Waals surface area contributed by atoms with Crippen LogP contribution in [0.25, 0.3) is 0 Å². The highest BCUT2D eigenvalue weighted by Gasteiger charge is 2.11. The topological polar surface area (TPSA) is 52.9 Å². The van der Waals surface area contributed by atoms with Crippen LogP contribution in [0.15, 0.2) is 36.4 Å². The van der Waals surface area contributed by atoms with Crippen molar-refractivity contribution < 1.29 is 13.6 Å². The predicted molar refractivity (Wildman–Crippen MR) is 70.2 cm³/mol. The third kappa shape index (κ3) is 2.98. The van der Waals surface area contributed by atoms with Gasteiger partial charge >= 0.3 is 0 Å². The van der Waals surface area contributed by atoms with Crippen molar-refractivity contribution in [2.45, 2.75) is 6.92 Å². The first-order chi connectivity index (χ1) is 9.49. The summed E-state index contributed by atoms with van der Waals surface area (Å²) < 4.78 is 26.8. The van der Waals surface area contributed by atoms with E-state index in [9.17, 15) is 13.6 Å². The van der Waals surface area contributed by atoms with Crippen LogP contribution in [0.5, 0.6) is 0 Å². The molecule has 0 unspecified atom stereocenters. The largest absolute Gasteiger partial charge is 0.319 e. The molecule has 0 spiro atoms. The molecule has 0 bridgehead atoms. The van der Waals surface area contributed by atoms with Crippen LogP contribution in [0.1, 0.15) is 21.5 Å². The fourth-order valence-electron chi connectivity index (χ4n) is 1.75. The minimum absolute atomic E-state index is 0.0593. The van der Waals surface area contributed by atoms with E-state index in [1.807, 2.05) is 0 Å². The Hall–Kier alpha value is -2.74. The Morgan fingerprint density at radius 1 is 1.20 bits per heavy atom. The van der Waals surface area contributed by atoms with Crippen molar-refractivity contribution in [3.05, 3.63) is 64.7 Å². The monoisotopic (exact) mass is 272 g/mol. The summed E-state index contributed by atoms with van der Waals surface area (Å²) in [5, 5.41) is 11.0. The molecule has 5 heteroatoms. The highest BCUT2D eigenvalue weighted by Crippen LogP contribution is 2.17. The summed E-state index contributed by atoms with van der Waals surface area (Å²) in [5.74, 6) is -1.86. The van der Waals surface area contributed by atoms with Crippen LogP contribution < -0.4 is 5.32 Å². The number of nitriles is 1. The Labute approximate surface area is 114 Å². The molecule has 0 saturated carbocycles. The lowest BCUT2D eigenvalue weighted by Gasteiger charge is -2.07. The molecule has 0 aliphatic carbocycles. The van der Waals surface area contributed by atoms with Crippen molar-refractivity contribution in [2.24, 2.45) is 0 Å². The van der Waals surface area contributed by atoms with Gasteiger partial charge in [0.2, 0.25) is 0 Å². The van der Waals surface area contributed by atoms with E-state index in [-0.39, 0.29) is 16.8 Å². The summed E-state index contributed by atoms with van der Waals surface area (Å²) in [6.07, 6.45) is 0. The van der Waals surface area contributed by atoms with Crippen molar-refractivity contribution in [1.29, 1.82) is 5.26 Å². The van der Waals surface area contributed by atoms with Crippen LogP contribution in [-0.4, -0.2) is 5.91 Å². The van der Waals surface area contributed by atoms with E-state index in [1.54, 1.807) is 13.0 Å². The molecule has 100 valence electrons. The van der Waals surface area contributed by atoms with Gasteiger partial charge in [-0.15, -0.1) is 0 Å². The minimum atomic E-state index is -0.717. The van der Waals surface area contributed by atoms with Gasteiger partial charge in [0.05, 0.1) is 17.3 Å². The molecule has 0 aromatic heterocycles. The molecule has 3 nitrogen and oxygen atoms in total. The molecule has 0 saturated heterocycles. The fraction of sp³-hybridized carbons (Fsp3) is 0.0667. The zero-order valence-corrected chi connectivity index (χ0v) is 10.6. The van der Waals surface area contributed by atoms with Crippen LogP contribution in [0.4, 0.5) is 14.5 Å². The highest BCUT2D eigenvalue weighted by atomic mass is 19.1. The van der Waals surface area contributed by atoms with E-state index in [2.05, 4.69) is 5.32 Å². The van der Waals surface area contributed by atoms with E-state index in [1.165, 1.54) is 24.3 Å². The lowest BCUT2D eigenvalue weighted by molar-refractivity contribution is 0.102. The average Bonchev–Trinajstić information content (AvgIpc) is 2.39. The molecular formula is C15H10F2N2O. The SMILES string of the molecule is Cc1cc(F)cc(C(=O)Nc2ccc(C#N)cc2F)c1. The standard InChI is InChI=1S/C15H10F2N2O/c1-9-4-11(7-12(16)5-9)15(20)19-14-3-2-10(8-18)6-13(14)17/h2-7H,1H3,(H,19,20). The molecule has 0 radical (unpaired) electrons. The summed E-state index contributed by atoms with van der Waals surface area (Å²) in [6, 6.07) is 9.35. The molecule has 1 amide bonds. The van der Waals surface area contributed by atoms with E-state index >= 15 is 0 Å². The zero-order chi connectivity index (χ0) is 14.7. The zero-order valence-electron chi connectivity index (χ0n) is 10.6. The minimum Gasteiger partial charge on any atom is -0.319 e. The van der Waals surface area contributed by atoms with Gasteiger partial charge in [0, 0.05) is 5.56 Å². The van der Waals surface area contributed by atoms with Crippen molar-refractivity contribution >= 4 is 11.6 Å². The van der Waals surface area contributed by atoms with E-state index in [4.69, 9.17) is 5.26 Å². The predicted octanol–water partition coefficient (Wildman–Crippen LogP) is 3.40. The number of hydrogen-bond donors (Lipinski definition) is 1. The van der Waals surface area contributed by atoms with Crippen LogP contribution in [0.3, 0.4) is 0 Å². The van der Waals surface area contributed by atoms with Gasteiger partial charge < -0.3 is 5.32 Å². The third-order valence-electron chi connectivity index (χ3n) is 2.65. The Balaban J connectivity index is 2.26. The summed E-state index contributed by atoms with van der Waals surface area (Å²) >= 11 is 0. The lowest BCUT2D eigenvalue weighted by atomic mass is 10.1. The van der Waals surface area contributed by atoms with Gasteiger partial charge in [-0.1, -0.05) is 0 Å². The maximum atomic E-state index is 13.6. The van der Waals surface area contributed by atoms with Gasteiger partial charge in [-0.2, -0.15) is 5.26 Å². The second-order valence-corrected chi connectivity index (χ2v) is 4.28. The molecule has 2 rings (SSSR count). The first-order valence-corrected chi connectivity index (χ1v) is 5.78. The first kappa shape index (κ1) is 13.7. The molecule has 0 aliphatic heterocycles. The molecular weight excluding hydrogens is 262 g/mol. The van der Waals surface area contributed by atoms with Gasteiger partial charge in [0.25, 0.3) is 5.91 Å². The van der Waals surface area contributed by atoms with E-state index in [0.29, 0.717) is 5.56 Å². The van der Waals surface area contributed by atoms with E-state index < -0.39 is 17.5 Å². The van der Waals surface area contributed by atoms with Crippen molar-refractivity contribution in [3.63, 3.8) is 0 Å². The maximum Gasteiger partial charge on any atom is 0.255 e. The number of rotatable bonds is 2. The Kier molecular flexibility index (Phi) is 3.76. The van der Waals surface area contributed by atoms with Crippen LogP contribution in [0.2, 0.25) is 0 Å². The number of carbonyl (C=O) groups excluding carboxylic acids is 1. The molecule has 2 aromatic carbocycles. The Morgan fingerprint density at radius 2 is 1.95 bits per heavy atom. The summed E-state index contributed by atoms with van der Waals surface area (Å²) in [5.41, 5.74) is 0.791. The van der Waals surface area contributed by atoms with Gasteiger partial charge in [-0.05, 0) is 48.9 Å². The van der Waals surface area contributed by atoms with Crippen LogP contribution >= 0.6 is 0 Å². The third-order valence-corrected chi connectivity index (χ3v) is 2.65. The summed E-state index contributed by atoms with van der Waals surface area (Å²) in [6.45, 7) is 1.65. The first-order valence-electron chi connectivity index (χ1n) is 5.78. The number of nitrogens with zero attached hydrogens (tertiary/aromatic N) is 1. The molecule has 0 fully saturated rings. The van der Waals surface area contributed by atoms with Gasteiger partial charge in [0.15, 0.2) is 0 Å². The number of carbonyl (C=O) groups is 1. The molecule has 0 aliphatic rings. The van der Waals surface area contributed by atoms with Gasteiger partial charge in [-0.3, -0.25) is 4.79 Å². The number of benzene rings is 2. The molecule has 0 atom stereocenters. The van der Waals surface area contributed by atoms with E-state index in [0.717, 1.165) is 12.1 Å². The number of hydrogen-bond acceptors (Lipinski definition) is 2. The second kappa shape index (κ2) is 5.49. The maximum absolute atomic E-state index is 13.6. The molecule has 20 heavy (non-hydrogen) atoms. The van der Waals surface area contributed by atoms with Crippen LogP contribution in [0, 0.1) is 29.9 Å². The molecule has 1 N–H and O–H groups in total. The summed E-state index contributed by atoms with van der Waals surface area (Å²) in [4.78, 5) is 11.9. The second-order valence-electron chi connectivity index (χ2n) is 4.28. The number of amides is 1. The van der Waals surface area contributed by atoms with Crippen molar-refractivity contribution in [1.82, 2.24) is 0 Å². The summed E-state index contributed by atoms with van der Waals surface area (Å²) in [7, 11) is 0. The number of anilines is 1. The van der Waals surface area contributed by atoms with Crippen molar-refractivity contribution in [2.75, 3.05) is 5.32 Å². The van der Waals surface area contributed by atoms with Crippen molar-refractivity contribution in [3.8, 4) is 6.07 Å². The lowest BCUT2D eigenvalue weighted by Crippen LogP contribution is -2.13. The van der Waals surface area contributed by atoms with Gasteiger partial charge in [0.1, 0.15) is 11.6 Å². The quantitative estimate of drug-likeness (QED) is 0.911. The number of halogens is 2. The Bertz CT molecular complexity index is 700. The average molecular weight is 272 g/mol. The molecule has 2 aromatic rings. The van der Waals surface area contributed by atoms with Crippen LogP contribution in [-0.2, 0) is 0 Å².